The van der Waals surface area contributed by atoms with Crippen molar-refractivity contribution in [3.63, 3.8) is 0 Å². The smallest absolute Gasteiger partial charge is 0.303 e. The van der Waals surface area contributed by atoms with E-state index in [1.165, 1.54) is 22.2 Å². The number of piperidine rings is 1. The first-order valence-corrected chi connectivity index (χ1v) is 8.70. The van der Waals surface area contributed by atoms with Crippen LogP contribution in [0.15, 0.2) is 24.3 Å². The zero-order valence-corrected chi connectivity index (χ0v) is 13.6. The monoisotopic (exact) mass is 312 g/mol. The molecule has 2 aliphatic rings. The minimum Gasteiger partial charge on any atom is -0.481 e. The molecular formula is C19H24N2O2. The van der Waals surface area contributed by atoms with Crippen molar-refractivity contribution in [1.82, 2.24) is 9.88 Å². The highest BCUT2D eigenvalue weighted by atomic mass is 16.4. The number of aliphatic carboxylic acids is 1. The van der Waals surface area contributed by atoms with Crippen LogP contribution in [0.1, 0.15) is 49.9 Å². The van der Waals surface area contributed by atoms with E-state index in [2.05, 4.69) is 41.1 Å². The number of rotatable bonds is 3. The molecule has 1 fully saturated rings. The molecule has 0 saturated carbocycles. The normalized spacial score (nSPS) is 27.6. The lowest BCUT2D eigenvalue weighted by molar-refractivity contribution is -0.143. The number of hydrogen-bond donors (Lipinski definition) is 2. The first-order chi connectivity index (χ1) is 11.1. The Hall–Kier alpha value is -1.81. The van der Waals surface area contributed by atoms with Crippen molar-refractivity contribution in [3.8, 4) is 0 Å². The van der Waals surface area contributed by atoms with E-state index in [9.17, 15) is 9.90 Å². The zero-order valence-electron chi connectivity index (χ0n) is 13.6. The number of nitrogens with zero attached hydrogens (tertiary/aromatic N) is 1. The average Bonchev–Trinajstić information content (AvgIpc) is 2.92. The summed E-state index contributed by atoms with van der Waals surface area (Å²) in [5.41, 5.74) is 3.72. The fourth-order valence-corrected chi connectivity index (χ4v) is 4.98. The third-order valence-electron chi connectivity index (χ3n) is 6.04. The fraction of sp³-hybridized carbons (Fsp3) is 0.526. The van der Waals surface area contributed by atoms with Crippen LogP contribution in [0.2, 0.25) is 0 Å². The highest BCUT2D eigenvalue weighted by Crippen LogP contribution is 2.53. The number of carboxylic acid groups (broad SMARTS) is 1. The fourth-order valence-electron chi connectivity index (χ4n) is 4.98. The summed E-state index contributed by atoms with van der Waals surface area (Å²) in [5, 5.41) is 10.8. The van der Waals surface area contributed by atoms with Crippen molar-refractivity contribution in [2.45, 2.75) is 45.1 Å². The maximum atomic E-state index is 11.6. The summed E-state index contributed by atoms with van der Waals surface area (Å²) < 4.78 is 0. The van der Waals surface area contributed by atoms with Gasteiger partial charge in [-0.2, -0.15) is 0 Å². The summed E-state index contributed by atoms with van der Waals surface area (Å²) in [6.45, 7) is 4.28. The highest BCUT2D eigenvalue weighted by Gasteiger charge is 2.48. The molecule has 1 saturated heterocycles. The van der Waals surface area contributed by atoms with Crippen molar-refractivity contribution in [3.05, 3.63) is 35.5 Å². The van der Waals surface area contributed by atoms with E-state index in [-0.39, 0.29) is 17.9 Å². The number of para-hydroxylation sites is 1. The number of carboxylic acids is 1. The second kappa shape index (κ2) is 5.38. The third kappa shape index (κ3) is 2.19. The Morgan fingerprint density at radius 3 is 3.00 bits per heavy atom. The van der Waals surface area contributed by atoms with Gasteiger partial charge in [-0.15, -0.1) is 0 Å². The molecule has 1 aromatic carbocycles. The van der Waals surface area contributed by atoms with Crippen molar-refractivity contribution < 1.29 is 9.90 Å². The van der Waals surface area contributed by atoms with Crippen LogP contribution < -0.4 is 0 Å². The van der Waals surface area contributed by atoms with Crippen LogP contribution in [0.25, 0.3) is 10.9 Å². The molecule has 4 heteroatoms. The molecular weight excluding hydrogens is 288 g/mol. The van der Waals surface area contributed by atoms with E-state index in [0.29, 0.717) is 0 Å². The van der Waals surface area contributed by atoms with Gasteiger partial charge in [-0.3, -0.25) is 9.69 Å². The quantitative estimate of drug-likeness (QED) is 0.908. The number of benzene rings is 1. The van der Waals surface area contributed by atoms with Gasteiger partial charge in [-0.25, -0.2) is 0 Å². The number of fused-ring (bicyclic) bond motifs is 5. The van der Waals surface area contributed by atoms with Gasteiger partial charge < -0.3 is 10.1 Å². The van der Waals surface area contributed by atoms with Crippen LogP contribution in [0.5, 0.6) is 0 Å². The van der Waals surface area contributed by atoms with E-state index in [1.54, 1.807) is 0 Å². The van der Waals surface area contributed by atoms with Crippen LogP contribution in [0.3, 0.4) is 0 Å². The molecule has 0 spiro atoms. The number of hydrogen-bond acceptors (Lipinski definition) is 2. The van der Waals surface area contributed by atoms with Gasteiger partial charge in [-0.1, -0.05) is 25.1 Å². The molecule has 0 unspecified atom stereocenters. The topological polar surface area (TPSA) is 56.3 Å². The summed E-state index contributed by atoms with van der Waals surface area (Å²) in [4.78, 5) is 17.7. The molecule has 3 heterocycles. The zero-order chi connectivity index (χ0) is 16.0. The number of aromatic nitrogens is 1. The van der Waals surface area contributed by atoms with Crippen LogP contribution in [0.4, 0.5) is 0 Å². The number of nitrogens with one attached hydrogen (secondary N) is 1. The first-order valence-electron chi connectivity index (χ1n) is 8.70. The molecule has 2 N–H and O–H groups in total. The van der Waals surface area contributed by atoms with Crippen LogP contribution >= 0.6 is 0 Å². The summed E-state index contributed by atoms with van der Waals surface area (Å²) in [7, 11) is 0. The Morgan fingerprint density at radius 1 is 1.39 bits per heavy atom. The standard InChI is InChI=1S/C19H24N2O2/c1-2-19(12-16(22)23)9-5-10-21-11-8-14-13-6-3-4-7-15(13)20-17(14)18(19)21/h3-4,6-7,18,20H,2,5,8-12H2,1H3,(H,22,23)/t18-,19+/m1/s1. The molecule has 1 aromatic heterocycles. The molecule has 0 aliphatic carbocycles. The summed E-state index contributed by atoms with van der Waals surface area (Å²) in [5.74, 6) is -0.670. The number of carbonyl (C=O) groups is 1. The third-order valence-corrected chi connectivity index (χ3v) is 6.04. The van der Waals surface area contributed by atoms with E-state index in [4.69, 9.17) is 0 Å². The number of H-pyrrole nitrogens is 1. The maximum absolute atomic E-state index is 11.6. The largest absolute Gasteiger partial charge is 0.481 e. The molecule has 0 radical (unpaired) electrons. The lowest BCUT2D eigenvalue weighted by Crippen LogP contribution is -2.50. The van der Waals surface area contributed by atoms with E-state index in [0.717, 1.165) is 38.8 Å². The van der Waals surface area contributed by atoms with E-state index < -0.39 is 5.97 Å². The second-order valence-electron chi connectivity index (χ2n) is 7.14. The maximum Gasteiger partial charge on any atom is 0.303 e. The molecule has 0 amide bonds. The molecule has 2 aromatic rings. The summed E-state index contributed by atoms with van der Waals surface area (Å²) >= 11 is 0. The Bertz CT molecular complexity index is 751. The van der Waals surface area contributed by atoms with E-state index >= 15 is 0 Å². The molecule has 0 bridgehead atoms. The van der Waals surface area contributed by atoms with Gasteiger partial charge in [-0.05, 0) is 43.9 Å². The molecule has 4 nitrogen and oxygen atoms in total. The van der Waals surface area contributed by atoms with Gasteiger partial charge in [0.25, 0.3) is 0 Å². The van der Waals surface area contributed by atoms with Crippen molar-refractivity contribution >= 4 is 16.9 Å². The Kier molecular flexibility index (Phi) is 3.45. The van der Waals surface area contributed by atoms with Gasteiger partial charge in [0.1, 0.15) is 0 Å². The predicted molar refractivity (Wildman–Crippen MR) is 90.5 cm³/mol. The summed E-state index contributed by atoms with van der Waals surface area (Å²) in [6, 6.07) is 8.69. The predicted octanol–water partition coefficient (Wildman–Crippen LogP) is 3.73. The first kappa shape index (κ1) is 14.8. The van der Waals surface area contributed by atoms with Crippen molar-refractivity contribution in [1.29, 1.82) is 0 Å². The second-order valence-corrected chi connectivity index (χ2v) is 7.14. The van der Waals surface area contributed by atoms with Crippen molar-refractivity contribution in [2.75, 3.05) is 13.1 Å². The van der Waals surface area contributed by atoms with Gasteiger partial charge in [0, 0.05) is 28.6 Å². The average molecular weight is 312 g/mol. The highest BCUT2D eigenvalue weighted by molar-refractivity contribution is 5.85. The van der Waals surface area contributed by atoms with Crippen molar-refractivity contribution in [2.24, 2.45) is 5.41 Å². The minimum absolute atomic E-state index is 0.153. The van der Waals surface area contributed by atoms with Crippen LogP contribution in [-0.2, 0) is 11.2 Å². The van der Waals surface area contributed by atoms with Gasteiger partial charge >= 0.3 is 5.97 Å². The molecule has 2 atom stereocenters. The molecule has 4 rings (SSSR count). The van der Waals surface area contributed by atoms with Crippen LogP contribution in [-0.4, -0.2) is 34.0 Å². The van der Waals surface area contributed by atoms with Gasteiger partial charge in [0.2, 0.25) is 0 Å². The molecule has 2 aliphatic heterocycles. The van der Waals surface area contributed by atoms with Gasteiger partial charge in [0.15, 0.2) is 0 Å². The molecule has 122 valence electrons. The lowest BCUT2D eigenvalue weighted by atomic mass is 9.66. The van der Waals surface area contributed by atoms with Crippen LogP contribution in [0, 0.1) is 5.41 Å². The Labute approximate surface area is 136 Å². The van der Waals surface area contributed by atoms with Gasteiger partial charge in [0.05, 0.1) is 12.5 Å². The SMILES string of the molecule is CC[C@@]1(CC(=O)O)CCCN2CCc3c([nH]c4ccccc34)[C@@H]21. The lowest BCUT2D eigenvalue weighted by Gasteiger charge is -2.51. The Morgan fingerprint density at radius 2 is 2.22 bits per heavy atom. The van der Waals surface area contributed by atoms with E-state index in [1.807, 2.05) is 0 Å². The summed E-state index contributed by atoms with van der Waals surface area (Å²) in [6.07, 6.45) is 4.34. The number of aromatic amines is 1. The molecule has 23 heavy (non-hydrogen) atoms. The Balaban J connectivity index is 1.88. The minimum atomic E-state index is -0.670.